The van der Waals surface area contributed by atoms with Gasteiger partial charge in [0, 0.05) is 0 Å². The minimum atomic E-state index is -1.09. The second kappa shape index (κ2) is 6.93. The molecule has 0 aromatic heterocycles. The molecular formula is C15H15NO4S2. The molecule has 1 fully saturated rings. The van der Waals surface area contributed by atoms with E-state index in [9.17, 15) is 9.59 Å². The molecule has 1 N–H and O–H groups in total. The molecular weight excluding hydrogens is 322 g/mol. The SMILES string of the molecule is CCOc1cccc(/C=C2/SC(=S)N([C@@H](C)C(=O)O)C2=O)c1. The number of aliphatic carboxylic acids is 1. The van der Waals surface area contributed by atoms with Crippen LogP contribution in [-0.2, 0) is 9.59 Å². The molecule has 7 heteroatoms. The van der Waals surface area contributed by atoms with Crippen LogP contribution in [0.2, 0.25) is 0 Å². The molecule has 0 radical (unpaired) electrons. The normalized spacial score (nSPS) is 17.9. The number of ether oxygens (including phenoxy) is 1. The van der Waals surface area contributed by atoms with E-state index < -0.39 is 12.0 Å². The van der Waals surface area contributed by atoms with Crippen molar-refractivity contribution in [1.29, 1.82) is 0 Å². The fourth-order valence-electron chi connectivity index (χ4n) is 1.94. The minimum Gasteiger partial charge on any atom is -0.494 e. The third-order valence-electron chi connectivity index (χ3n) is 3.04. The van der Waals surface area contributed by atoms with Crippen molar-refractivity contribution >= 4 is 46.3 Å². The number of carbonyl (C=O) groups is 2. The summed E-state index contributed by atoms with van der Waals surface area (Å²) in [5, 5.41) is 9.05. The summed E-state index contributed by atoms with van der Waals surface area (Å²) in [6, 6.07) is 6.34. The van der Waals surface area contributed by atoms with Crippen molar-refractivity contribution in [2.75, 3.05) is 6.61 Å². The lowest BCUT2D eigenvalue weighted by Crippen LogP contribution is -2.41. The Hall–Kier alpha value is -1.86. The largest absolute Gasteiger partial charge is 0.494 e. The van der Waals surface area contributed by atoms with Gasteiger partial charge in [-0.2, -0.15) is 0 Å². The Balaban J connectivity index is 2.26. The van der Waals surface area contributed by atoms with Gasteiger partial charge in [-0.25, -0.2) is 4.79 Å². The second-order valence-electron chi connectivity index (χ2n) is 4.57. The van der Waals surface area contributed by atoms with Crippen LogP contribution in [0.5, 0.6) is 5.75 Å². The number of carboxylic acid groups (broad SMARTS) is 1. The van der Waals surface area contributed by atoms with Crippen LogP contribution in [0.15, 0.2) is 29.2 Å². The zero-order valence-corrected chi connectivity index (χ0v) is 13.7. The number of hydrogen-bond donors (Lipinski definition) is 1. The van der Waals surface area contributed by atoms with Gasteiger partial charge in [0.25, 0.3) is 5.91 Å². The van der Waals surface area contributed by atoms with Crippen LogP contribution in [0.3, 0.4) is 0 Å². The van der Waals surface area contributed by atoms with E-state index in [1.165, 1.54) is 6.92 Å². The maximum absolute atomic E-state index is 12.3. The molecule has 1 amide bonds. The first-order valence-electron chi connectivity index (χ1n) is 6.66. The molecule has 0 saturated carbocycles. The van der Waals surface area contributed by atoms with Crippen molar-refractivity contribution in [2.24, 2.45) is 0 Å². The third kappa shape index (κ3) is 3.48. The molecule has 0 aliphatic carbocycles. The Morgan fingerprint density at radius 3 is 2.91 bits per heavy atom. The van der Waals surface area contributed by atoms with Crippen LogP contribution in [0.4, 0.5) is 0 Å². The molecule has 116 valence electrons. The van der Waals surface area contributed by atoms with Gasteiger partial charge in [-0.3, -0.25) is 9.69 Å². The molecule has 1 aromatic rings. The van der Waals surface area contributed by atoms with Crippen molar-refractivity contribution in [3.8, 4) is 5.75 Å². The number of thiocarbonyl (C=S) groups is 1. The van der Waals surface area contributed by atoms with E-state index in [4.69, 9.17) is 22.1 Å². The highest BCUT2D eigenvalue weighted by Crippen LogP contribution is 2.34. The van der Waals surface area contributed by atoms with Gasteiger partial charge in [0.05, 0.1) is 11.5 Å². The third-order valence-corrected chi connectivity index (χ3v) is 4.37. The summed E-state index contributed by atoms with van der Waals surface area (Å²) >= 11 is 6.22. The molecule has 1 saturated heterocycles. The van der Waals surface area contributed by atoms with Gasteiger partial charge < -0.3 is 9.84 Å². The summed E-state index contributed by atoms with van der Waals surface area (Å²) in [6.45, 7) is 3.89. The number of rotatable bonds is 5. The first-order chi connectivity index (χ1) is 10.4. The summed E-state index contributed by atoms with van der Waals surface area (Å²) in [5.41, 5.74) is 0.800. The van der Waals surface area contributed by atoms with Gasteiger partial charge in [0.2, 0.25) is 0 Å². The van der Waals surface area contributed by atoms with Gasteiger partial charge in [-0.05, 0) is 37.6 Å². The number of benzene rings is 1. The Morgan fingerprint density at radius 1 is 1.55 bits per heavy atom. The highest BCUT2D eigenvalue weighted by Gasteiger charge is 2.38. The van der Waals surface area contributed by atoms with Crippen molar-refractivity contribution in [1.82, 2.24) is 4.90 Å². The molecule has 1 heterocycles. The van der Waals surface area contributed by atoms with Crippen LogP contribution in [0.25, 0.3) is 6.08 Å². The number of hydrogen-bond acceptors (Lipinski definition) is 5. The van der Waals surface area contributed by atoms with Gasteiger partial charge in [-0.1, -0.05) is 36.1 Å². The molecule has 1 aliphatic rings. The fraction of sp³-hybridized carbons (Fsp3) is 0.267. The van der Waals surface area contributed by atoms with Gasteiger partial charge in [0.15, 0.2) is 0 Å². The molecule has 1 aliphatic heterocycles. The smallest absolute Gasteiger partial charge is 0.326 e. The highest BCUT2D eigenvalue weighted by molar-refractivity contribution is 8.26. The van der Waals surface area contributed by atoms with Crippen LogP contribution in [0, 0.1) is 0 Å². The summed E-state index contributed by atoms with van der Waals surface area (Å²) in [4.78, 5) is 24.9. The summed E-state index contributed by atoms with van der Waals surface area (Å²) < 4.78 is 5.67. The van der Waals surface area contributed by atoms with Crippen LogP contribution < -0.4 is 4.74 Å². The number of carbonyl (C=O) groups excluding carboxylic acids is 1. The number of nitrogens with zero attached hydrogens (tertiary/aromatic N) is 1. The Labute approximate surface area is 137 Å². The van der Waals surface area contributed by atoms with E-state index in [-0.39, 0.29) is 10.2 Å². The van der Waals surface area contributed by atoms with Gasteiger partial charge in [0.1, 0.15) is 16.1 Å². The van der Waals surface area contributed by atoms with E-state index in [1.54, 1.807) is 6.08 Å². The topological polar surface area (TPSA) is 66.8 Å². The highest BCUT2D eigenvalue weighted by atomic mass is 32.2. The lowest BCUT2D eigenvalue weighted by atomic mass is 10.2. The monoisotopic (exact) mass is 337 g/mol. The molecule has 5 nitrogen and oxygen atoms in total. The van der Waals surface area contributed by atoms with Crippen molar-refractivity contribution in [2.45, 2.75) is 19.9 Å². The predicted octanol–water partition coefficient (Wildman–Crippen LogP) is 2.76. The molecule has 0 unspecified atom stereocenters. The first-order valence-corrected chi connectivity index (χ1v) is 7.89. The fourth-order valence-corrected chi connectivity index (χ4v) is 3.35. The average molecular weight is 337 g/mol. The predicted molar refractivity (Wildman–Crippen MR) is 89.7 cm³/mol. The summed E-state index contributed by atoms with van der Waals surface area (Å²) in [7, 11) is 0. The van der Waals surface area contributed by atoms with Gasteiger partial charge >= 0.3 is 5.97 Å². The van der Waals surface area contributed by atoms with E-state index in [0.29, 0.717) is 17.3 Å². The number of amides is 1. The van der Waals surface area contributed by atoms with Crippen LogP contribution >= 0.6 is 24.0 Å². The standard InChI is InChI=1S/C15H15NO4S2/c1-3-20-11-6-4-5-10(7-11)8-12-13(17)16(15(21)22-12)9(2)14(18)19/h4-9H,3H2,1-2H3,(H,18,19)/b12-8+/t9-/m0/s1. The van der Waals surface area contributed by atoms with E-state index >= 15 is 0 Å². The lowest BCUT2D eigenvalue weighted by molar-refractivity contribution is -0.144. The summed E-state index contributed by atoms with van der Waals surface area (Å²) in [5.74, 6) is -0.756. The van der Waals surface area contributed by atoms with E-state index in [2.05, 4.69) is 0 Å². The number of thioether (sulfide) groups is 1. The zero-order valence-electron chi connectivity index (χ0n) is 12.1. The average Bonchev–Trinajstić information content (AvgIpc) is 2.73. The minimum absolute atomic E-state index is 0.257. The molecule has 2 rings (SSSR count). The summed E-state index contributed by atoms with van der Waals surface area (Å²) in [6.07, 6.45) is 1.69. The van der Waals surface area contributed by atoms with Crippen LogP contribution in [-0.4, -0.2) is 38.9 Å². The van der Waals surface area contributed by atoms with E-state index in [1.807, 2.05) is 31.2 Å². The quantitative estimate of drug-likeness (QED) is 0.658. The number of carboxylic acids is 1. The maximum atomic E-state index is 12.3. The lowest BCUT2D eigenvalue weighted by Gasteiger charge is -2.18. The second-order valence-corrected chi connectivity index (χ2v) is 6.25. The van der Waals surface area contributed by atoms with Gasteiger partial charge in [-0.15, -0.1) is 0 Å². The van der Waals surface area contributed by atoms with Crippen molar-refractivity contribution < 1.29 is 19.4 Å². The van der Waals surface area contributed by atoms with Crippen LogP contribution in [0.1, 0.15) is 19.4 Å². The Morgan fingerprint density at radius 2 is 2.27 bits per heavy atom. The molecule has 1 atom stereocenters. The van der Waals surface area contributed by atoms with Crippen molar-refractivity contribution in [3.05, 3.63) is 34.7 Å². The molecule has 22 heavy (non-hydrogen) atoms. The molecule has 0 spiro atoms. The maximum Gasteiger partial charge on any atom is 0.326 e. The molecule has 0 bridgehead atoms. The van der Waals surface area contributed by atoms with E-state index in [0.717, 1.165) is 22.2 Å². The zero-order chi connectivity index (χ0) is 16.3. The molecule has 1 aromatic carbocycles. The first kappa shape index (κ1) is 16.5. The Bertz CT molecular complexity index is 657. The Kier molecular flexibility index (Phi) is 5.20. The van der Waals surface area contributed by atoms with Crippen molar-refractivity contribution in [3.63, 3.8) is 0 Å².